The third-order valence-electron chi connectivity index (χ3n) is 6.80. The molecule has 0 aliphatic carbocycles. The van der Waals surface area contributed by atoms with Crippen LogP contribution in [-0.2, 0) is 29.0 Å². The third-order valence-corrected chi connectivity index (χ3v) is 7.05. The molecule has 4 aromatic rings. The van der Waals surface area contributed by atoms with E-state index in [1.807, 2.05) is 0 Å². The molecule has 15 heteroatoms. The van der Waals surface area contributed by atoms with Crippen LogP contribution in [0.4, 0.5) is 13.2 Å². The summed E-state index contributed by atoms with van der Waals surface area (Å²) < 4.78 is 48.2. The molecule has 11 nitrogen and oxygen atoms in total. The number of aromatic nitrogens is 7. The lowest BCUT2D eigenvalue weighted by atomic mass is 10.0. The van der Waals surface area contributed by atoms with E-state index in [1.165, 1.54) is 35.3 Å². The molecular formula is C27H27ClF3N7O4. The minimum Gasteiger partial charge on any atom is -0.382 e. The molecule has 2 atom stereocenters. The first-order chi connectivity index (χ1) is 20.1. The highest BCUT2D eigenvalue weighted by Gasteiger charge is 2.39. The SMILES string of the molecule is O=C(Cc1ncccc1-n1cnc(Cn2nc(-c3ccc(Cl)cc3)n(C[C@H](O)C(F)(F)F)c2=O)n1)CC1CCCCO1. The van der Waals surface area contributed by atoms with Crippen molar-refractivity contribution in [3.63, 3.8) is 0 Å². The number of benzene rings is 1. The molecule has 0 radical (unpaired) electrons. The van der Waals surface area contributed by atoms with Gasteiger partial charge in [0.1, 0.15) is 18.7 Å². The molecule has 0 spiro atoms. The Bertz CT molecular complexity index is 1590. The number of hydrogen-bond acceptors (Lipinski definition) is 8. The van der Waals surface area contributed by atoms with Gasteiger partial charge in [-0.3, -0.25) is 14.3 Å². The quantitative estimate of drug-likeness (QED) is 0.291. The third kappa shape index (κ3) is 6.94. The Morgan fingerprint density at radius 3 is 2.64 bits per heavy atom. The van der Waals surface area contributed by atoms with E-state index in [9.17, 15) is 27.9 Å². The zero-order chi connectivity index (χ0) is 29.9. The largest absolute Gasteiger partial charge is 0.416 e. The Morgan fingerprint density at radius 2 is 1.93 bits per heavy atom. The number of rotatable bonds is 10. The first kappa shape index (κ1) is 29.6. The van der Waals surface area contributed by atoms with E-state index in [1.54, 1.807) is 18.3 Å². The second kappa shape index (κ2) is 12.5. The number of carbonyl (C=O) groups excluding carboxylic acids is 1. The van der Waals surface area contributed by atoms with Crippen molar-refractivity contribution in [1.29, 1.82) is 0 Å². The van der Waals surface area contributed by atoms with Gasteiger partial charge >= 0.3 is 11.9 Å². The van der Waals surface area contributed by atoms with E-state index in [2.05, 4.69) is 20.2 Å². The van der Waals surface area contributed by atoms with Gasteiger partial charge in [0, 0.05) is 29.8 Å². The van der Waals surface area contributed by atoms with Gasteiger partial charge in [-0.05, 0) is 55.7 Å². The molecule has 1 unspecified atom stereocenters. The number of ketones is 1. The number of ether oxygens (including phenoxy) is 1. The number of Topliss-reactive ketones (excluding diaryl/α,β-unsaturated/α-hetero) is 1. The van der Waals surface area contributed by atoms with Crippen molar-refractivity contribution in [3.8, 4) is 17.1 Å². The Labute approximate surface area is 242 Å². The van der Waals surface area contributed by atoms with Crippen LogP contribution in [0, 0.1) is 0 Å². The normalized spacial score (nSPS) is 16.5. The molecule has 1 aromatic carbocycles. The van der Waals surface area contributed by atoms with Gasteiger partial charge in [0.15, 0.2) is 17.8 Å². The zero-order valence-corrected chi connectivity index (χ0v) is 23.0. The summed E-state index contributed by atoms with van der Waals surface area (Å²) in [5.74, 6) is 0.0296. The topological polar surface area (TPSA) is 130 Å². The molecule has 42 heavy (non-hydrogen) atoms. The molecule has 1 aliphatic rings. The number of nitrogens with zero attached hydrogens (tertiary/aromatic N) is 7. The molecule has 4 heterocycles. The molecule has 0 saturated carbocycles. The fourth-order valence-corrected chi connectivity index (χ4v) is 4.80. The maximum atomic E-state index is 13.2. The average molecular weight is 606 g/mol. The van der Waals surface area contributed by atoms with Gasteiger partial charge in [-0.2, -0.15) is 13.2 Å². The summed E-state index contributed by atoms with van der Waals surface area (Å²) in [6, 6.07) is 9.43. The second-order valence-electron chi connectivity index (χ2n) is 9.92. The first-order valence-corrected chi connectivity index (χ1v) is 13.6. The molecule has 222 valence electrons. The zero-order valence-electron chi connectivity index (χ0n) is 22.2. The van der Waals surface area contributed by atoms with E-state index >= 15 is 0 Å². The van der Waals surface area contributed by atoms with Crippen molar-refractivity contribution in [3.05, 3.63) is 75.9 Å². The number of aliphatic hydroxyl groups is 1. The molecule has 0 amide bonds. The second-order valence-corrected chi connectivity index (χ2v) is 10.4. The molecule has 3 aromatic heterocycles. The molecule has 0 bridgehead atoms. The van der Waals surface area contributed by atoms with Crippen LogP contribution in [-0.4, -0.2) is 70.0 Å². The lowest BCUT2D eigenvalue weighted by Gasteiger charge is -2.21. The van der Waals surface area contributed by atoms with Crippen molar-refractivity contribution >= 4 is 17.4 Å². The Hall–Kier alpha value is -3.88. The van der Waals surface area contributed by atoms with Crippen LogP contribution in [0.1, 0.15) is 37.2 Å². The highest BCUT2D eigenvalue weighted by Crippen LogP contribution is 2.24. The summed E-state index contributed by atoms with van der Waals surface area (Å²) in [5, 5.41) is 18.7. The molecular weight excluding hydrogens is 579 g/mol. The van der Waals surface area contributed by atoms with Crippen molar-refractivity contribution in [2.75, 3.05) is 6.61 Å². The number of carbonyl (C=O) groups is 1. The van der Waals surface area contributed by atoms with Gasteiger partial charge in [0.25, 0.3) is 0 Å². The number of pyridine rings is 1. The first-order valence-electron chi connectivity index (χ1n) is 13.2. The Morgan fingerprint density at radius 1 is 1.14 bits per heavy atom. The average Bonchev–Trinajstić information content (AvgIpc) is 3.54. The van der Waals surface area contributed by atoms with E-state index in [-0.39, 0.29) is 36.5 Å². The summed E-state index contributed by atoms with van der Waals surface area (Å²) in [5.41, 5.74) is 0.438. The van der Waals surface area contributed by atoms with Crippen molar-refractivity contribution in [2.24, 2.45) is 0 Å². The monoisotopic (exact) mass is 605 g/mol. The van der Waals surface area contributed by atoms with E-state index in [0.717, 1.165) is 28.5 Å². The minimum absolute atomic E-state index is 0.0185. The van der Waals surface area contributed by atoms with Crippen LogP contribution < -0.4 is 5.69 Å². The molecule has 1 N–H and O–H groups in total. The maximum Gasteiger partial charge on any atom is 0.416 e. The molecule has 5 rings (SSSR count). The van der Waals surface area contributed by atoms with Gasteiger partial charge in [0.05, 0.1) is 30.5 Å². The van der Waals surface area contributed by atoms with Gasteiger partial charge in [-0.15, -0.1) is 10.2 Å². The van der Waals surface area contributed by atoms with Gasteiger partial charge < -0.3 is 9.84 Å². The highest BCUT2D eigenvalue weighted by molar-refractivity contribution is 6.30. The van der Waals surface area contributed by atoms with Crippen LogP contribution in [0.2, 0.25) is 5.02 Å². The van der Waals surface area contributed by atoms with Crippen LogP contribution in [0.3, 0.4) is 0 Å². The van der Waals surface area contributed by atoms with Gasteiger partial charge in [-0.25, -0.2) is 19.1 Å². The molecule has 1 fully saturated rings. The number of halogens is 4. The fourth-order valence-electron chi connectivity index (χ4n) is 4.67. The smallest absolute Gasteiger partial charge is 0.382 e. The standard InChI is InChI=1S/C27H27ClF3N7O4/c28-18-8-6-17(7-9-18)25-35-37(26(41)36(25)14-23(40)27(29,30)31)15-24-33-16-38(34-24)22-5-3-10-32-21(22)13-19(39)12-20-4-1-2-11-42-20/h3,5-10,16,20,23,40H,1-2,4,11-15H2/t20?,23-/m0/s1. The number of alkyl halides is 3. The predicted octanol–water partition coefficient (Wildman–Crippen LogP) is 3.38. The van der Waals surface area contributed by atoms with E-state index in [0.29, 0.717) is 35.0 Å². The summed E-state index contributed by atoms with van der Waals surface area (Å²) in [6.45, 7) is -0.670. The Kier molecular flexibility index (Phi) is 8.85. The summed E-state index contributed by atoms with van der Waals surface area (Å²) in [7, 11) is 0. The lowest BCUT2D eigenvalue weighted by molar-refractivity contribution is -0.207. The minimum atomic E-state index is -4.94. The number of hydrogen-bond donors (Lipinski definition) is 1. The summed E-state index contributed by atoms with van der Waals surface area (Å²) in [4.78, 5) is 34.5. The molecule has 1 saturated heterocycles. The van der Waals surface area contributed by atoms with Crippen LogP contribution in [0.15, 0.2) is 53.7 Å². The highest BCUT2D eigenvalue weighted by atomic mass is 35.5. The maximum absolute atomic E-state index is 13.2. The van der Waals surface area contributed by atoms with Crippen molar-refractivity contribution in [1.82, 2.24) is 34.1 Å². The van der Waals surface area contributed by atoms with Crippen LogP contribution in [0.5, 0.6) is 0 Å². The summed E-state index contributed by atoms with van der Waals surface area (Å²) in [6.07, 6.45) is -1.63. The van der Waals surface area contributed by atoms with Crippen molar-refractivity contribution in [2.45, 2.75) is 63.6 Å². The molecule has 1 aliphatic heterocycles. The van der Waals surface area contributed by atoms with E-state index < -0.39 is 24.5 Å². The van der Waals surface area contributed by atoms with E-state index in [4.69, 9.17) is 16.3 Å². The van der Waals surface area contributed by atoms with Crippen LogP contribution in [0.25, 0.3) is 17.1 Å². The van der Waals surface area contributed by atoms with Gasteiger partial charge in [0.2, 0.25) is 0 Å². The predicted molar refractivity (Wildman–Crippen MR) is 144 cm³/mol. The lowest BCUT2D eigenvalue weighted by Crippen LogP contribution is -2.37. The fraction of sp³-hybridized carbons (Fsp3) is 0.407. The van der Waals surface area contributed by atoms with Gasteiger partial charge in [-0.1, -0.05) is 11.6 Å². The van der Waals surface area contributed by atoms with Crippen LogP contribution >= 0.6 is 11.6 Å². The number of aliphatic hydroxyl groups excluding tert-OH is 1. The summed E-state index contributed by atoms with van der Waals surface area (Å²) >= 11 is 5.93. The Balaban J connectivity index is 1.38. The van der Waals surface area contributed by atoms with Crippen molar-refractivity contribution < 1.29 is 27.8 Å².